The van der Waals surface area contributed by atoms with Crippen molar-refractivity contribution in [2.24, 2.45) is 5.73 Å². The van der Waals surface area contributed by atoms with Crippen molar-refractivity contribution in [2.45, 2.75) is 19.5 Å². The second kappa shape index (κ2) is 5.73. The maximum absolute atomic E-state index is 6.16. The molecule has 0 aliphatic rings. The van der Waals surface area contributed by atoms with Gasteiger partial charge in [-0.25, -0.2) is 4.98 Å². The van der Waals surface area contributed by atoms with Crippen molar-refractivity contribution in [2.75, 3.05) is 13.6 Å². The molecular weight excluding hydrogens is 250 g/mol. The fourth-order valence-electron chi connectivity index (χ4n) is 1.72. The summed E-state index contributed by atoms with van der Waals surface area (Å²) < 4.78 is 0. The van der Waals surface area contributed by atoms with Crippen LogP contribution in [-0.2, 0) is 6.54 Å². The highest BCUT2D eigenvalue weighted by molar-refractivity contribution is 7.10. The smallest absolute Gasteiger partial charge is 0.0798 e. The van der Waals surface area contributed by atoms with E-state index in [9.17, 15) is 0 Å². The van der Waals surface area contributed by atoms with Crippen LogP contribution in [0, 0.1) is 6.92 Å². The summed E-state index contributed by atoms with van der Waals surface area (Å²) in [6.07, 6.45) is 0. The molecule has 5 heteroatoms. The summed E-state index contributed by atoms with van der Waals surface area (Å²) in [4.78, 5) is 9.09. The zero-order chi connectivity index (χ0) is 12.3. The Morgan fingerprint density at radius 3 is 2.88 bits per heavy atom. The minimum atomic E-state index is 0.105. The van der Waals surface area contributed by atoms with Crippen molar-refractivity contribution in [1.82, 2.24) is 9.88 Å². The second-order valence-electron chi connectivity index (χ2n) is 4.18. The fraction of sp³-hybridized carbons (Fsp3) is 0.417. The summed E-state index contributed by atoms with van der Waals surface area (Å²) in [5.41, 5.74) is 9.20. The van der Waals surface area contributed by atoms with Crippen LogP contribution in [0.4, 0.5) is 0 Å². The first-order valence-electron chi connectivity index (χ1n) is 5.53. The summed E-state index contributed by atoms with van der Waals surface area (Å²) in [6, 6.07) is 4.25. The number of hydrogen-bond donors (Lipinski definition) is 1. The third kappa shape index (κ3) is 3.35. The van der Waals surface area contributed by atoms with Crippen LogP contribution in [0.25, 0.3) is 0 Å². The highest BCUT2D eigenvalue weighted by Crippen LogP contribution is 2.19. The lowest BCUT2D eigenvalue weighted by atomic mass is 10.2. The molecule has 0 aromatic carbocycles. The Labute approximate surface area is 110 Å². The molecule has 0 aliphatic heterocycles. The monoisotopic (exact) mass is 267 g/mol. The van der Waals surface area contributed by atoms with Gasteiger partial charge in [0.15, 0.2) is 0 Å². The molecule has 2 aromatic rings. The molecule has 17 heavy (non-hydrogen) atoms. The Kier molecular flexibility index (Phi) is 4.28. The summed E-state index contributed by atoms with van der Waals surface area (Å²) in [6.45, 7) is 3.85. The first-order valence-corrected chi connectivity index (χ1v) is 7.29. The number of thiophene rings is 1. The molecule has 2 aromatic heterocycles. The predicted molar refractivity (Wildman–Crippen MR) is 74.4 cm³/mol. The average Bonchev–Trinajstić information content (AvgIpc) is 2.90. The minimum absolute atomic E-state index is 0.105. The van der Waals surface area contributed by atoms with Gasteiger partial charge in [-0.2, -0.15) is 0 Å². The normalized spacial score (nSPS) is 13.2. The van der Waals surface area contributed by atoms with Crippen molar-refractivity contribution < 1.29 is 0 Å². The van der Waals surface area contributed by atoms with Crippen LogP contribution < -0.4 is 5.73 Å². The summed E-state index contributed by atoms with van der Waals surface area (Å²) in [7, 11) is 2.10. The van der Waals surface area contributed by atoms with E-state index in [4.69, 9.17) is 5.73 Å². The highest BCUT2D eigenvalue weighted by Gasteiger charge is 2.12. The van der Waals surface area contributed by atoms with Crippen LogP contribution in [0.15, 0.2) is 23.0 Å². The number of thiazole rings is 1. The van der Waals surface area contributed by atoms with Gasteiger partial charge in [-0.05, 0) is 25.4 Å². The molecule has 2 N–H and O–H groups in total. The third-order valence-electron chi connectivity index (χ3n) is 2.68. The van der Waals surface area contributed by atoms with E-state index in [2.05, 4.69) is 35.3 Å². The molecule has 0 amide bonds. The fourth-order valence-corrected chi connectivity index (χ4v) is 3.29. The van der Waals surface area contributed by atoms with E-state index in [1.54, 1.807) is 22.7 Å². The molecule has 0 fully saturated rings. The van der Waals surface area contributed by atoms with Gasteiger partial charge < -0.3 is 5.73 Å². The predicted octanol–water partition coefficient (Wildman–Crippen LogP) is 2.64. The quantitative estimate of drug-likeness (QED) is 0.905. The molecule has 0 radical (unpaired) electrons. The maximum atomic E-state index is 6.16. The number of nitrogens with zero attached hydrogens (tertiary/aromatic N) is 2. The number of likely N-dealkylation sites (N-methyl/N-ethyl adjacent to an activating group) is 1. The Hall–Kier alpha value is -0.750. The van der Waals surface area contributed by atoms with Gasteiger partial charge in [0.1, 0.15) is 0 Å². The van der Waals surface area contributed by atoms with Gasteiger partial charge in [0.25, 0.3) is 0 Å². The summed E-state index contributed by atoms with van der Waals surface area (Å²) in [5, 5.41) is 2.07. The van der Waals surface area contributed by atoms with Gasteiger partial charge >= 0.3 is 0 Å². The van der Waals surface area contributed by atoms with Crippen molar-refractivity contribution >= 4 is 22.7 Å². The molecule has 1 atom stereocenters. The Morgan fingerprint density at radius 1 is 1.47 bits per heavy atom. The van der Waals surface area contributed by atoms with E-state index < -0.39 is 0 Å². The van der Waals surface area contributed by atoms with Gasteiger partial charge in [-0.1, -0.05) is 6.07 Å². The molecule has 2 rings (SSSR count). The van der Waals surface area contributed by atoms with E-state index in [0.717, 1.165) is 18.8 Å². The van der Waals surface area contributed by atoms with Crippen molar-refractivity contribution in [3.63, 3.8) is 0 Å². The highest BCUT2D eigenvalue weighted by atomic mass is 32.1. The van der Waals surface area contributed by atoms with E-state index in [-0.39, 0.29) is 6.04 Å². The first kappa shape index (κ1) is 12.7. The SMILES string of the molecule is Cc1ncsc1CN(C)CC(N)c1cccs1. The van der Waals surface area contributed by atoms with Crippen LogP contribution in [-0.4, -0.2) is 23.5 Å². The molecule has 0 saturated carbocycles. The van der Waals surface area contributed by atoms with Gasteiger partial charge in [0.2, 0.25) is 0 Å². The van der Waals surface area contributed by atoms with Crippen molar-refractivity contribution in [3.8, 4) is 0 Å². The van der Waals surface area contributed by atoms with Crippen molar-refractivity contribution in [1.29, 1.82) is 0 Å². The van der Waals surface area contributed by atoms with Crippen LogP contribution in [0.2, 0.25) is 0 Å². The van der Waals surface area contributed by atoms with E-state index >= 15 is 0 Å². The first-order chi connectivity index (χ1) is 8.16. The molecule has 92 valence electrons. The maximum Gasteiger partial charge on any atom is 0.0798 e. The third-order valence-corrected chi connectivity index (χ3v) is 4.60. The number of nitrogens with two attached hydrogens (primary N) is 1. The number of aryl methyl sites for hydroxylation is 1. The van der Waals surface area contributed by atoms with Crippen LogP contribution in [0.1, 0.15) is 21.5 Å². The van der Waals surface area contributed by atoms with Crippen molar-refractivity contribution in [3.05, 3.63) is 38.5 Å². The number of rotatable bonds is 5. The van der Waals surface area contributed by atoms with E-state index in [1.807, 2.05) is 11.6 Å². The largest absolute Gasteiger partial charge is 0.322 e. The average molecular weight is 267 g/mol. The summed E-state index contributed by atoms with van der Waals surface area (Å²) in [5.74, 6) is 0. The standard InChI is InChI=1S/C12H17N3S2/c1-9-12(17-8-14-9)7-15(2)6-10(13)11-4-3-5-16-11/h3-5,8,10H,6-7,13H2,1-2H3. The molecule has 1 unspecified atom stereocenters. The lowest BCUT2D eigenvalue weighted by Crippen LogP contribution is -2.28. The number of aromatic nitrogens is 1. The lowest BCUT2D eigenvalue weighted by molar-refractivity contribution is 0.308. The Morgan fingerprint density at radius 2 is 2.29 bits per heavy atom. The minimum Gasteiger partial charge on any atom is -0.322 e. The van der Waals surface area contributed by atoms with E-state index in [0.29, 0.717) is 0 Å². The molecule has 3 nitrogen and oxygen atoms in total. The molecule has 0 saturated heterocycles. The van der Waals surface area contributed by atoms with Gasteiger partial charge in [-0.3, -0.25) is 4.90 Å². The molecular formula is C12H17N3S2. The molecule has 0 aliphatic carbocycles. The zero-order valence-electron chi connectivity index (χ0n) is 10.1. The molecule has 2 heterocycles. The van der Waals surface area contributed by atoms with Crippen LogP contribution in [0.3, 0.4) is 0 Å². The number of hydrogen-bond acceptors (Lipinski definition) is 5. The van der Waals surface area contributed by atoms with Gasteiger partial charge in [0.05, 0.1) is 17.2 Å². The molecule has 0 bridgehead atoms. The molecule has 0 spiro atoms. The second-order valence-corrected chi connectivity index (χ2v) is 6.10. The Bertz CT molecular complexity index is 450. The summed E-state index contributed by atoms with van der Waals surface area (Å²) >= 11 is 3.43. The topological polar surface area (TPSA) is 42.2 Å². The van der Waals surface area contributed by atoms with Gasteiger partial charge in [-0.15, -0.1) is 22.7 Å². The van der Waals surface area contributed by atoms with Crippen LogP contribution >= 0.6 is 22.7 Å². The lowest BCUT2D eigenvalue weighted by Gasteiger charge is -2.20. The Balaban J connectivity index is 1.89. The van der Waals surface area contributed by atoms with Gasteiger partial charge in [0, 0.05) is 22.8 Å². The van der Waals surface area contributed by atoms with E-state index in [1.165, 1.54) is 9.75 Å². The van der Waals surface area contributed by atoms with Crippen LogP contribution in [0.5, 0.6) is 0 Å². The zero-order valence-corrected chi connectivity index (χ0v) is 11.7.